The molecule has 1 unspecified atom stereocenters. The molecule has 1 atom stereocenters. The summed E-state index contributed by atoms with van der Waals surface area (Å²) in [5, 5.41) is 9.29. The predicted octanol–water partition coefficient (Wildman–Crippen LogP) is 6.00. The van der Waals surface area contributed by atoms with E-state index in [2.05, 4.69) is 17.1 Å². The van der Waals surface area contributed by atoms with Crippen LogP contribution in [-0.4, -0.2) is 27.6 Å². The van der Waals surface area contributed by atoms with Crippen LogP contribution in [0.15, 0.2) is 84.4 Å². The maximum Gasteiger partial charge on any atom is 0.333 e. The summed E-state index contributed by atoms with van der Waals surface area (Å²) < 4.78 is 11.4. The van der Waals surface area contributed by atoms with Crippen LogP contribution < -0.4 is 4.74 Å². The molecule has 4 rings (SSSR count). The van der Waals surface area contributed by atoms with Crippen molar-refractivity contribution < 1.29 is 14.3 Å². The third kappa shape index (κ3) is 6.10. The zero-order valence-corrected chi connectivity index (χ0v) is 19.6. The van der Waals surface area contributed by atoms with E-state index in [9.17, 15) is 4.79 Å². The zero-order chi connectivity index (χ0) is 23.8. The number of esters is 1. The van der Waals surface area contributed by atoms with Gasteiger partial charge in [0.05, 0.1) is 12.6 Å². The topological polar surface area (TPSA) is 66.2 Å². The number of carbonyl (C=O) groups is 1. The van der Waals surface area contributed by atoms with E-state index in [0.717, 1.165) is 34.3 Å². The number of carbonyl (C=O) groups excluding carboxylic acids is 1. The molecule has 0 fully saturated rings. The van der Waals surface area contributed by atoms with Crippen molar-refractivity contribution in [3.63, 3.8) is 0 Å². The third-order valence-corrected chi connectivity index (χ3v) is 5.60. The molecule has 0 saturated heterocycles. The van der Waals surface area contributed by atoms with E-state index >= 15 is 0 Å². The maximum absolute atomic E-state index is 12.4. The van der Waals surface area contributed by atoms with E-state index in [1.807, 2.05) is 84.9 Å². The van der Waals surface area contributed by atoms with Gasteiger partial charge in [0.25, 0.3) is 0 Å². The summed E-state index contributed by atoms with van der Waals surface area (Å²) in [6.45, 7) is 4.66. The first-order valence-electron chi connectivity index (χ1n) is 11.6. The van der Waals surface area contributed by atoms with Crippen LogP contribution >= 0.6 is 0 Å². The van der Waals surface area contributed by atoms with Crippen molar-refractivity contribution >= 4 is 23.1 Å². The van der Waals surface area contributed by atoms with Crippen LogP contribution in [0.2, 0.25) is 0 Å². The number of fused-ring (bicyclic) bond motifs is 1. The monoisotopic (exact) mass is 455 g/mol. The lowest BCUT2D eigenvalue weighted by atomic mass is 10.1. The second kappa shape index (κ2) is 11.3. The molecule has 0 bridgehead atoms. The Labute approximate surface area is 199 Å². The molecule has 3 aromatic carbocycles. The van der Waals surface area contributed by atoms with Crippen LogP contribution in [0.4, 0.5) is 0 Å². The van der Waals surface area contributed by atoms with Gasteiger partial charge in [0.1, 0.15) is 23.4 Å². The highest BCUT2D eigenvalue weighted by molar-refractivity contribution is 5.92. The van der Waals surface area contributed by atoms with Crippen molar-refractivity contribution in [2.24, 2.45) is 0 Å². The van der Waals surface area contributed by atoms with Gasteiger partial charge in [-0.25, -0.2) is 4.79 Å². The minimum Gasteiger partial charge on any atom is -0.489 e. The Morgan fingerprint density at radius 1 is 0.971 bits per heavy atom. The molecule has 0 aliphatic carbocycles. The number of benzene rings is 3. The second-order valence-electron chi connectivity index (χ2n) is 8.17. The quantitative estimate of drug-likeness (QED) is 0.217. The van der Waals surface area contributed by atoms with Crippen LogP contribution in [0.5, 0.6) is 5.75 Å². The van der Waals surface area contributed by atoms with Crippen LogP contribution in [-0.2, 0) is 16.1 Å². The van der Waals surface area contributed by atoms with Crippen LogP contribution in [0.1, 0.15) is 43.9 Å². The van der Waals surface area contributed by atoms with E-state index in [1.54, 1.807) is 11.7 Å². The molecule has 4 aromatic rings. The molecule has 6 nitrogen and oxygen atoms in total. The first kappa shape index (κ1) is 23.2. The molecule has 0 spiro atoms. The van der Waals surface area contributed by atoms with Crippen molar-refractivity contribution in [3.05, 3.63) is 95.6 Å². The van der Waals surface area contributed by atoms with E-state index in [-0.39, 0.29) is 12.0 Å². The lowest BCUT2D eigenvalue weighted by molar-refractivity contribution is -0.139. The minimum atomic E-state index is -0.308. The number of rotatable bonds is 10. The van der Waals surface area contributed by atoms with Gasteiger partial charge in [-0.15, -0.1) is 0 Å². The molecular weight excluding hydrogens is 426 g/mol. The first-order valence-corrected chi connectivity index (χ1v) is 11.6. The Morgan fingerprint density at radius 2 is 1.68 bits per heavy atom. The smallest absolute Gasteiger partial charge is 0.333 e. The lowest BCUT2D eigenvalue weighted by Crippen LogP contribution is -2.16. The number of aromatic nitrogens is 3. The molecule has 1 aromatic heterocycles. The molecule has 0 N–H and O–H groups in total. The van der Waals surface area contributed by atoms with Gasteiger partial charge in [0.15, 0.2) is 0 Å². The summed E-state index contributed by atoms with van der Waals surface area (Å²) >= 11 is 0. The van der Waals surface area contributed by atoms with Crippen LogP contribution in [0.25, 0.3) is 17.1 Å². The number of hydrogen-bond donors (Lipinski definition) is 0. The van der Waals surface area contributed by atoms with Crippen LogP contribution in [0, 0.1) is 0 Å². The Morgan fingerprint density at radius 3 is 2.41 bits per heavy atom. The van der Waals surface area contributed by atoms with Gasteiger partial charge < -0.3 is 9.47 Å². The van der Waals surface area contributed by atoms with E-state index in [1.165, 1.54) is 0 Å². The normalized spacial score (nSPS) is 12.5. The first-order chi connectivity index (χ1) is 16.6. The van der Waals surface area contributed by atoms with Crippen molar-refractivity contribution in [3.8, 4) is 5.75 Å². The predicted molar refractivity (Wildman–Crippen MR) is 133 cm³/mol. The fourth-order valence-corrected chi connectivity index (χ4v) is 3.65. The van der Waals surface area contributed by atoms with Gasteiger partial charge in [-0.1, -0.05) is 67.6 Å². The zero-order valence-electron chi connectivity index (χ0n) is 19.6. The summed E-state index contributed by atoms with van der Waals surface area (Å²) in [7, 11) is 0. The standard InChI is InChI=1S/C28H29N3O3/c1-3-24(16-17-33-28(32)21(2)18-22-10-6-4-7-11-22)31-29-26-15-14-25(19-27(26)30-31)34-20-23-12-8-5-9-13-23/h4-15,18-19,24H,3,16-17,20H2,1-2H3. The number of hydrogen-bond acceptors (Lipinski definition) is 5. The lowest BCUT2D eigenvalue weighted by Gasteiger charge is -2.14. The second-order valence-corrected chi connectivity index (χ2v) is 8.17. The van der Waals surface area contributed by atoms with Gasteiger partial charge in [-0.3, -0.25) is 0 Å². The molecule has 6 heteroatoms. The van der Waals surface area contributed by atoms with Crippen molar-refractivity contribution in [2.45, 2.75) is 39.3 Å². The summed E-state index contributed by atoms with van der Waals surface area (Å²) in [5.74, 6) is 0.448. The fourth-order valence-electron chi connectivity index (χ4n) is 3.65. The van der Waals surface area contributed by atoms with Crippen molar-refractivity contribution in [1.82, 2.24) is 15.0 Å². The number of nitrogens with zero attached hydrogens (tertiary/aromatic N) is 3. The third-order valence-electron chi connectivity index (χ3n) is 5.60. The molecule has 34 heavy (non-hydrogen) atoms. The molecule has 0 aliphatic heterocycles. The summed E-state index contributed by atoms with van der Waals surface area (Å²) in [6, 6.07) is 25.6. The van der Waals surface area contributed by atoms with Gasteiger partial charge in [-0.05, 0) is 42.7 Å². The highest BCUT2D eigenvalue weighted by Crippen LogP contribution is 2.22. The van der Waals surface area contributed by atoms with Crippen molar-refractivity contribution in [1.29, 1.82) is 0 Å². The maximum atomic E-state index is 12.4. The summed E-state index contributed by atoms with van der Waals surface area (Å²) in [6.07, 6.45) is 3.30. The Hall–Kier alpha value is -3.93. The molecule has 1 heterocycles. The van der Waals surface area contributed by atoms with Crippen molar-refractivity contribution in [2.75, 3.05) is 6.61 Å². The van der Waals surface area contributed by atoms with Gasteiger partial charge in [-0.2, -0.15) is 15.0 Å². The minimum absolute atomic E-state index is 0.0345. The molecule has 0 amide bonds. The molecule has 174 valence electrons. The average Bonchev–Trinajstić information content (AvgIpc) is 3.29. The van der Waals surface area contributed by atoms with E-state index in [0.29, 0.717) is 25.2 Å². The molecular formula is C28H29N3O3. The summed E-state index contributed by atoms with van der Waals surface area (Å²) in [5.41, 5.74) is 4.25. The number of ether oxygens (including phenoxy) is 2. The van der Waals surface area contributed by atoms with E-state index in [4.69, 9.17) is 9.47 Å². The Bertz CT molecular complexity index is 1250. The van der Waals surface area contributed by atoms with Gasteiger partial charge in [0.2, 0.25) is 0 Å². The Balaban J connectivity index is 1.34. The molecule has 0 aliphatic rings. The van der Waals surface area contributed by atoms with Crippen LogP contribution in [0.3, 0.4) is 0 Å². The van der Waals surface area contributed by atoms with Gasteiger partial charge >= 0.3 is 5.97 Å². The Kier molecular flexibility index (Phi) is 7.71. The fraction of sp³-hybridized carbons (Fsp3) is 0.250. The molecule has 0 saturated carbocycles. The summed E-state index contributed by atoms with van der Waals surface area (Å²) in [4.78, 5) is 14.1. The SMILES string of the molecule is CCC(CCOC(=O)C(C)=Cc1ccccc1)n1nc2ccc(OCc3ccccc3)cc2n1. The highest BCUT2D eigenvalue weighted by Gasteiger charge is 2.15. The molecule has 0 radical (unpaired) electrons. The largest absolute Gasteiger partial charge is 0.489 e. The van der Waals surface area contributed by atoms with E-state index < -0.39 is 0 Å². The average molecular weight is 456 g/mol. The highest BCUT2D eigenvalue weighted by atomic mass is 16.5. The van der Waals surface area contributed by atoms with Gasteiger partial charge in [0, 0.05) is 18.1 Å².